The molecule has 0 saturated heterocycles. The fourth-order valence-corrected chi connectivity index (χ4v) is 4.07. The fourth-order valence-electron chi connectivity index (χ4n) is 3.18. The number of rotatable bonds is 8. The maximum atomic E-state index is 11.7. The molecule has 1 saturated carbocycles. The number of hydrogen-bond acceptors (Lipinski definition) is 2. The summed E-state index contributed by atoms with van der Waals surface area (Å²) in [5, 5.41) is 0. The molecule has 0 spiro atoms. The van der Waals surface area contributed by atoms with Gasteiger partial charge in [0.25, 0.3) is 0 Å². The van der Waals surface area contributed by atoms with Gasteiger partial charge >= 0.3 is 0 Å². The van der Waals surface area contributed by atoms with E-state index >= 15 is 0 Å². The van der Waals surface area contributed by atoms with Crippen LogP contribution in [0.25, 0.3) is 0 Å². The van der Waals surface area contributed by atoms with Crippen molar-refractivity contribution >= 4 is 18.2 Å². The molecule has 0 N–H and O–H groups in total. The van der Waals surface area contributed by atoms with Crippen molar-refractivity contribution in [2.75, 3.05) is 12.3 Å². The van der Waals surface area contributed by atoms with E-state index in [2.05, 4.69) is 48.5 Å². The highest BCUT2D eigenvalue weighted by molar-refractivity contribution is 7.99. The maximum absolute atomic E-state index is 11.7. The minimum Gasteiger partial charge on any atom is -0.337 e. The molecule has 2 aromatic rings. The molecule has 1 unspecified atom stereocenters. The Morgan fingerprint density at radius 3 is 2.26 bits per heavy atom. The maximum Gasteiger partial charge on any atom is 0.210 e. The molecule has 1 atom stereocenters. The zero-order valence-electron chi connectivity index (χ0n) is 13.3. The van der Waals surface area contributed by atoms with Crippen LogP contribution in [0.4, 0.5) is 0 Å². The van der Waals surface area contributed by atoms with E-state index in [4.69, 9.17) is 0 Å². The molecule has 0 heterocycles. The van der Waals surface area contributed by atoms with E-state index in [0.29, 0.717) is 5.92 Å². The molecule has 2 aromatic carbocycles. The summed E-state index contributed by atoms with van der Waals surface area (Å²) in [5.74, 6) is 1.54. The van der Waals surface area contributed by atoms with Gasteiger partial charge in [0.2, 0.25) is 6.41 Å². The number of carbonyl (C=O) groups is 1. The van der Waals surface area contributed by atoms with Crippen LogP contribution in [0.15, 0.2) is 65.6 Å². The van der Waals surface area contributed by atoms with Crippen LogP contribution in [-0.4, -0.2) is 23.6 Å². The molecule has 120 valence electrons. The Bertz CT molecular complexity index is 598. The van der Waals surface area contributed by atoms with Gasteiger partial charge in [-0.3, -0.25) is 4.79 Å². The van der Waals surface area contributed by atoms with Crippen molar-refractivity contribution in [3.05, 3.63) is 66.2 Å². The minimum absolute atomic E-state index is 0.235. The van der Waals surface area contributed by atoms with E-state index in [0.717, 1.165) is 18.7 Å². The summed E-state index contributed by atoms with van der Waals surface area (Å²) in [6.07, 6.45) is 4.80. The first-order chi connectivity index (χ1) is 11.4. The highest BCUT2D eigenvalue weighted by Crippen LogP contribution is 2.41. The highest BCUT2D eigenvalue weighted by Gasteiger charge is 2.32. The quantitative estimate of drug-likeness (QED) is 0.514. The first kappa shape index (κ1) is 16.1. The summed E-state index contributed by atoms with van der Waals surface area (Å²) < 4.78 is 0. The van der Waals surface area contributed by atoms with Crippen LogP contribution in [-0.2, 0) is 4.79 Å². The number of thioether (sulfide) groups is 1. The van der Waals surface area contributed by atoms with E-state index in [1.165, 1.54) is 29.7 Å². The van der Waals surface area contributed by atoms with Gasteiger partial charge in [-0.25, -0.2) is 0 Å². The molecule has 3 heteroatoms. The van der Waals surface area contributed by atoms with Gasteiger partial charge in [0.1, 0.15) is 0 Å². The van der Waals surface area contributed by atoms with Crippen molar-refractivity contribution in [2.45, 2.75) is 30.2 Å². The Balaban J connectivity index is 1.65. The third-order valence-electron chi connectivity index (χ3n) is 4.59. The van der Waals surface area contributed by atoms with Gasteiger partial charge < -0.3 is 4.90 Å². The molecule has 2 nitrogen and oxygen atoms in total. The number of benzene rings is 2. The molecule has 0 aromatic heterocycles. The molecular weight excluding hydrogens is 302 g/mol. The number of nitrogens with zero attached hydrogens (tertiary/aromatic N) is 1. The van der Waals surface area contributed by atoms with Crippen LogP contribution in [0.3, 0.4) is 0 Å². The Hall–Kier alpha value is -1.74. The Morgan fingerprint density at radius 2 is 1.70 bits per heavy atom. The van der Waals surface area contributed by atoms with Crippen LogP contribution in [0.2, 0.25) is 0 Å². The lowest BCUT2D eigenvalue weighted by Gasteiger charge is -2.40. The average Bonchev–Trinajstić information content (AvgIpc) is 2.57. The largest absolute Gasteiger partial charge is 0.337 e. The molecule has 1 amide bonds. The van der Waals surface area contributed by atoms with Crippen molar-refractivity contribution in [3.63, 3.8) is 0 Å². The summed E-state index contributed by atoms with van der Waals surface area (Å²) in [6, 6.07) is 21.1. The van der Waals surface area contributed by atoms with Crippen molar-refractivity contribution in [2.24, 2.45) is 5.92 Å². The third kappa shape index (κ3) is 4.17. The summed E-state index contributed by atoms with van der Waals surface area (Å²) in [6.45, 7) is 0.791. The van der Waals surface area contributed by atoms with E-state index in [-0.39, 0.29) is 6.04 Å². The van der Waals surface area contributed by atoms with Gasteiger partial charge in [0.05, 0.1) is 6.04 Å². The first-order valence-electron chi connectivity index (χ1n) is 8.32. The van der Waals surface area contributed by atoms with E-state index < -0.39 is 0 Å². The summed E-state index contributed by atoms with van der Waals surface area (Å²) in [4.78, 5) is 15.0. The lowest BCUT2D eigenvalue weighted by Crippen LogP contribution is -2.37. The first-order valence-corrected chi connectivity index (χ1v) is 9.31. The predicted molar refractivity (Wildman–Crippen MR) is 96.5 cm³/mol. The highest BCUT2D eigenvalue weighted by atomic mass is 32.2. The molecule has 1 aliphatic carbocycles. The van der Waals surface area contributed by atoms with Gasteiger partial charge in [-0.05, 0) is 36.5 Å². The predicted octanol–water partition coefficient (Wildman–Crippen LogP) is 4.78. The molecule has 0 radical (unpaired) electrons. The van der Waals surface area contributed by atoms with Crippen LogP contribution < -0.4 is 0 Å². The van der Waals surface area contributed by atoms with Crippen LogP contribution in [0, 0.1) is 5.92 Å². The lowest BCUT2D eigenvalue weighted by atomic mass is 9.76. The van der Waals surface area contributed by atoms with E-state index in [9.17, 15) is 4.79 Å². The van der Waals surface area contributed by atoms with Gasteiger partial charge in [-0.15, -0.1) is 11.8 Å². The topological polar surface area (TPSA) is 20.3 Å². The van der Waals surface area contributed by atoms with Gasteiger partial charge in [0, 0.05) is 17.2 Å². The lowest BCUT2D eigenvalue weighted by molar-refractivity contribution is -0.121. The second-order valence-electron chi connectivity index (χ2n) is 6.05. The van der Waals surface area contributed by atoms with Crippen molar-refractivity contribution in [1.29, 1.82) is 0 Å². The van der Waals surface area contributed by atoms with Crippen LogP contribution in [0.1, 0.15) is 30.9 Å². The van der Waals surface area contributed by atoms with E-state index in [1.807, 2.05) is 28.8 Å². The van der Waals surface area contributed by atoms with Crippen LogP contribution >= 0.6 is 11.8 Å². The Kier molecular flexibility index (Phi) is 5.76. The third-order valence-corrected chi connectivity index (χ3v) is 5.58. The van der Waals surface area contributed by atoms with Crippen molar-refractivity contribution in [1.82, 2.24) is 4.90 Å². The van der Waals surface area contributed by atoms with Crippen molar-refractivity contribution in [3.8, 4) is 0 Å². The number of amides is 1. The summed E-state index contributed by atoms with van der Waals surface area (Å²) in [7, 11) is 0. The zero-order chi connectivity index (χ0) is 15.9. The second kappa shape index (κ2) is 8.21. The molecule has 1 fully saturated rings. The standard InChI is InChI=1S/C20H23NOS/c22-16-21(14-15-23-19-12-5-2-6-13-19)20(18-10-7-11-18)17-8-3-1-4-9-17/h1-6,8-9,12-13,16,18,20H,7,10-11,14-15H2. The molecule has 23 heavy (non-hydrogen) atoms. The normalized spacial score (nSPS) is 15.7. The fraction of sp³-hybridized carbons (Fsp3) is 0.350. The number of hydrogen-bond donors (Lipinski definition) is 0. The monoisotopic (exact) mass is 325 g/mol. The molecule has 0 aliphatic heterocycles. The Morgan fingerprint density at radius 1 is 1.04 bits per heavy atom. The minimum atomic E-state index is 0.235. The SMILES string of the molecule is O=CN(CCSc1ccccc1)C(c1ccccc1)C1CCC1. The zero-order valence-corrected chi connectivity index (χ0v) is 14.1. The average molecular weight is 325 g/mol. The second-order valence-corrected chi connectivity index (χ2v) is 7.22. The Labute approximate surface area is 142 Å². The molecule has 1 aliphatic rings. The van der Waals surface area contributed by atoms with E-state index in [1.54, 1.807) is 0 Å². The summed E-state index contributed by atoms with van der Waals surface area (Å²) in [5.41, 5.74) is 1.27. The smallest absolute Gasteiger partial charge is 0.210 e. The number of carbonyl (C=O) groups excluding carboxylic acids is 1. The molecule has 0 bridgehead atoms. The summed E-state index contributed by atoms with van der Waals surface area (Å²) >= 11 is 1.81. The van der Waals surface area contributed by atoms with Gasteiger partial charge in [-0.1, -0.05) is 55.0 Å². The van der Waals surface area contributed by atoms with Crippen LogP contribution in [0.5, 0.6) is 0 Å². The van der Waals surface area contributed by atoms with Gasteiger partial charge in [0.15, 0.2) is 0 Å². The molecular formula is C20H23NOS. The van der Waals surface area contributed by atoms with Gasteiger partial charge in [-0.2, -0.15) is 0 Å². The van der Waals surface area contributed by atoms with Crippen molar-refractivity contribution < 1.29 is 4.79 Å². The molecule has 3 rings (SSSR count).